The summed E-state index contributed by atoms with van der Waals surface area (Å²) in [6.07, 6.45) is 2.60. The Balaban J connectivity index is 1.96. The van der Waals surface area contributed by atoms with Crippen LogP contribution in [0.4, 0.5) is 0 Å². The summed E-state index contributed by atoms with van der Waals surface area (Å²) in [6.45, 7) is 0.589. The molecule has 8 heteroatoms. The molecule has 0 radical (unpaired) electrons. The van der Waals surface area contributed by atoms with E-state index >= 15 is 0 Å². The number of benzene rings is 1. The van der Waals surface area contributed by atoms with Crippen LogP contribution in [0, 0.1) is 0 Å². The first-order valence-electron chi connectivity index (χ1n) is 6.76. The maximum atomic E-state index is 12.0. The molecular weight excluding hydrogens is 312 g/mol. The molecule has 1 aromatic rings. The van der Waals surface area contributed by atoms with E-state index in [0.29, 0.717) is 18.5 Å². The van der Waals surface area contributed by atoms with Crippen LogP contribution >= 0.6 is 0 Å². The fourth-order valence-corrected chi connectivity index (χ4v) is 4.88. The van der Waals surface area contributed by atoms with Gasteiger partial charge in [0.15, 0.2) is 0 Å². The van der Waals surface area contributed by atoms with Crippen LogP contribution in [-0.4, -0.2) is 46.5 Å². The van der Waals surface area contributed by atoms with Crippen LogP contribution in [0.5, 0.6) is 0 Å². The van der Waals surface area contributed by atoms with Crippen molar-refractivity contribution in [3.8, 4) is 0 Å². The summed E-state index contributed by atoms with van der Waals surface area (Å²) in [5.74, 6) is -0.0978. The van der Waals surface area contributed by atoms with Crippen molar-refractivity contribution in [3.63, 3.8) is 0 Å². The van der Waals surface area contributed by atoms with Gasteiger partial charge in [-0.15, -0.1) is 0 Å². The van der Waals surface area contributed by atoms with Gasteiger partial charge < -0.3 is 0 Å². The van der Waals surface area contributed by atoms with Crippen molar-refractivity contribution in [2.24, 2.45) is 0 Å². The van der Waals surface area contributed by atoms with Crippen molar-refractivity contribution in [2.75, 3.05) is 19.3 Å². The molecule has 1 aromatic carbocycles. The SMILES string of the molecule is CS(=O)(=O)N1CCCC1CNS(=O)(=O)Cc1ccccc1. The molecule has 1 aliphatic heterocycles. The van der Waals surface area contributed by atoms with Crippen molar-refractivity contribution in [1.82, 2.24) is 9.03 Å². The monoisotopic (exact) mass is 332 g/mol. The number of nitrogens with one attached hydrogen (secondary N) is 1. The van der Waals surface area contributed by atoms with Crippen molar-refractivity contribution in [3.05, 3.63) is 35.9 Å². The number of hydrogen-bond acceptors (Lipinski definition) is 4. The molecule has 1 atom stereocenters. The van der Waals surface area contributed by atoms with E-state index in [2.05, 4.69) is 4.72 Å². The standard InChI is InChI=1S/C13H20N2O4S2/c1-20(16,17)15-9-5-8-13(15)10-14-21(18,19)11-12-6-3-2-4-7-12/h2-4,6-7,13-14H,5,8-11H2,1H3. The second-order valence-electron chi connectivity index (χ2n) is 5.26. The third-order valence-electron chi connectivity index (χ3n) is 3.49. The lowest BCUT2D eigenvalue weighted by Gasteiger charge is -2.22. The molecule has 1 heterocycles. The molecule has 0 aliphatic carbocycles. The molecule has 0 amide bonds. The highest BCUT2D eigenvalue weighted by atomic mass is 32.2. The maximum Gasteiger partial charge on any atom is 0.215 e. The minimum Gasteiger partial charge on any atom is -0.213 e. The molecule has 6 nitrogen and oxygen atoms in total. The van der Waals surface area contributed by atoms with E-state index in [0.717, 1.165) is 12.7 Å². The molecular formula is C13H20N2O4S2. The van der Waals surface area contributed by atoms with Gasteiger partial charge in [0.25, 0.3) is 0 Å². The topological polar surface area (TPSA) is 83.6 Å². The van der Waals surface area contributed by atoms with Crippen molar-refractivity contribution < 1.29 is 16.8 Å². The summed E-state index contributed by atoms with van der Waals surface area (Å²) in [7, 11) is -6.74. The minimum absolute atomic E-state index is 0.0978. The maximum absolute atomic E-state index is 12.0. The van der Waals surface area contributed by atoms with Gasteiger partial charge in [-0.3, -0.25) is 0 Å². The molecule has 1 unspecified atom stereocenters. The van der Waals surface area contributed by atoms with Crippen LogP contribution in [0.3, 0.4) is 0 Å². The smallest absolute Gasteiger partial charge is 0.213 e. The molecule has 1 fully saturated rings. The van der Waals surface area contributed by atoms with Crippen LogP contribution in [0.15, 0.2) is 30.3 Å². The zero-order chi connectivity index (χ0) is 15.5. The number of sulfonamides is 2. The van der Waals surface area contributed by atoms with Gasteiger partial charge in [0.1, 0.15) is 0 Å². The van der Waals surface area contributed by atoms with Gasteiger partial charge in [0.2, 0.25) is 20.0 Å². The van der Waals surface area contributed by atoms with Gasteiger partial charge >= 0.3 is 0 Å². The second-order valence-corrected chi connectivity index (χ2v) is 9.00. The lowest BCUT2D eigenvalue weighted by molar-refractivity contribution is 0.388. The molecule has 0 saturated carbocycles. The number of hydrogen-bond donors (Lipinski definition) is 1. The molecule has 1 saturated heterocycles. The normalized spacial score (nSPS) is 20.7. The summed E-state index contributed by atoms with van der Waals surface area (Å²) in [6, 6.07) is 8.60. The van der Waals surface area contributed by atoms with E-state index in [9.17, 15) is 16.8 Å². The number of rotatable bonds is 6. The van der Waals surface area contributed by atoms with Gasteiger partial charge in [-0.2, -0.15) is 4.31 Å². The van der Waals surface area contributed by atoms with Gasteiger partial charge in [0, 0.05) is 19.1 Å². The Bertz CT molecular complexity index is 671. The highest BCUT2D eigenvalue weighted by molar-refractivity contribution is 7.88. The van der Waals surface area contributed by atoms with E-state index in [1.807, 2.05) is 6.07 Å². The van der Waals surface area contributed by atoms with E-state index in [-0.39, 0.29) is 18.3 Å². The average Bonchev–Trinajstić information content (AvgIpc) is 2.85. The Labute approximate surface area is 126 Å². The van der Waals surface area contributed by atoms with Crippen molar-refractivity contribution in [1.29, 1.82) is 0 Å². The average molecular weight is 332 g/mol. The zero-order valence-electron chi connectivity index (χ0n) is 11.9. The van der Waals surface area contributed by atoms with Crippen molar-refractivity contribution >= 4 is 20.0 Å². The Morgan fingerprint density at radius 2 is 1.86 bits per heavy atom. The summed E-state index contributed by atoms with van der Waals surface area (Å²) in [5.41, 5.74) is 0.705. The van der Waals surface area contributed by atoms with E-state index in [1.165, 1.54) is 4.31 Å². The number of nitrogens with zero attached hydrogens (tertiary/aromatic N) is 1. The third-order valence-corrected chi connectivity index (χ3v) is 6.14. The molecule has 0 spiro atoms. The Hall–Kier alpha value is -0.960. The van der Waals surface area contributed by atoms with Gasteiger partial charge in [-0.25, -0.2) is 21.6 Å². The first kappa shape index (κ1) is 16.4. The van der Waals surface area contributed by atoms with Crippen LogP contribution in [0.2, 0.25) is 0 Å². The van der Waals surface area contributed by atoms with E-state index in [1.54, 1.807) is 24.3 Å². The van der Waals surface area contributed by atoms with Gasteiger partial charge in [-0.05, 0) is 18.4 Å². The molecule has 0 aromatic heterocycles. The summed E-state index contributed by atoms with van der Waals surface area (Å²) in [5, 5.41) is 0. The fourth-order valence-electron chi connectivity index (χ4n) is 2.52. The Morgan fingerprint density at radius 3 is 2.48 bits per heavy atom. The second kappa shape index (κ2) is 6.43. The van der Waals surface area contributed by atoms with Crippen LogP contribution in [0.25, 0.3) is 0 Å². The highest BCUT2D eigenvalue weighted by Gasteiger charge is 2.31. The third kappa shape index (κ3) is 4.77. The van der Waals surface area contributed by atoms with E-state index < -0.39 is 20.0 Å². The van der Waals surface area contributed by atoms with Crippen LogP contribution in [-0.2, 0) is 25.8 Å². The summed E-state index contributed by atoms with van der Waals surface area (Å²) < 4.78 is 51.2. The minimum atomic E-state index is -3.46. The molecule has 2 rings (SSSR count). The summed E-state index contributed by atoms with van der Waals surface area (Å²) in [4.78, 5) is 0. The predicted molar refractivity (Wildman–Crippen MR) is 81.6 cm³/mol. The molecule has 1 N–H and O–H groups in total. The lowest BCUT2D eigenvalue weighted by atomic mass is 10.2. The first-order valence-corrected chi connectivity index (χ1v) is 10.3. The zero-order valence-corrected chi connectivity index (χ0v) is 13.5. The quantitative estimate of drug-likeness (QED) is 0.824. The predicted octanol–water partition coefficient (Wildman–Crippen LogP) is 0.530. The van der Waals surface area contributed by atoms with E-state index in [4.69, 9.17) is 0 Å². The molecule has 21 heavy (non-hydrogen) atoms. The van der Waals surface area contributed by atoms with Crippen LogP contribution < -0.4 is 4.72 Å². The molecule has 118 valence electrons. The van der Waals surface area contributed by atoms with Crippen molar-refractivity contribution in [2.45, 2.75) is 24.6 Å². The summed E-state index contributed by atoms with van der Waals surface area (Å²) >= 11 is 0. The largest absolute Gasteiger partial charge is 0.215 e. The van der Waals surface area contributed by atoms with Crippen LogP contribution in [0.1, 0.15) is 18.4 Å². The Kier molecular flexibility index (Phi) is 5.03. The first-order chi connectivity index (χ1) is 9.78. The van der Waals surface area contributed by atoms with Gasteiger partial charge in [0.05, 0.1) is 12.0 Å². The molecule has 1 aliphatic rings. The lowest BCUT2D eigenvalue weighted by Crippen LogP contribution is -2.42. The van der Waals surface area contributed by atoms with Gasteiger partial charge in [-0.1, -0.05) is 30.3 Å². The fraction of sp³-hybridized carbons (Fsp3) is 0.538. The highest BCUT2D eigenvalue weighted by Crippen LogP contribution is 2.19. The Morgan fingerprint density at radius 1 is 1.19 bits per heavy atom. The molecule has 0 bridgehead atoms.